The lowest BCUT2D eigenvalue weighted by Gasteiger charge is -2.12. The van der Waals surface area contributed by atoms with E-state index < -0.39 is 5.91 Å². The summed E-state index contributed by atoms with van der Waals surface area (Å²) in [5.74, 6) is -0.691. The third kappa shape index (κ3) is 4.49. The number of benzene rings is 2. The van der Waals surface area contributed by atoms with Crippen molar-refractivity contribution in [1.29, 1.82) is 0 Å². The lowest BCUT2D eigenvalue weighted by atomic mass is 10.1. The Balaban J connectivity index is 2.21. The number of unbranched alkanes of at least 4 members (excludes halogenated alkanes) is 1. The van der Waals surface area contributed by atoms with Crippen LogP contribution in [0, 0.1) is 0 Å². The maximum Gasteiger partial charge on any atom is 0.258 e. The summed E-state index contributed by atoms with van der Waals surface area (Å²) >= 11 is 12.1. The molecular weight excluding hydrogens is 347 g/mol. The minimum Gasteiger partial charge on any atom is -0.352 e. The van der Waals surface area contributed by atoms with Crippen LogP contribution in [0.15, 0.2) is 42.5 Å². The summed E-state index contributed by atoms with van der Waals surface area (Å²) < 4.78 is 0. The van der Waals surface area contributed by atoms with Crippen LogP contribution in [0.3, 0.4) is 0 Å². The molecule has 2 N–H and O–H groups in total. The Morgan fingerprint density at radius 3 is 2.29 bits per heavy atom. The van der Waals surface area contributed by atoms with E-state index in [-0.39, 0.29) is 21.5 Å². The monoisotopic (exact) mass is 364 g/mol. The molecule has 0 atom stereocenters. The summed E-state index contributed by atoms with van der Waals surface area (Å²) in [5, 5.41) is 6.05. The molecule has 126 valence electrons. The standard InChI is InChI=1S/C18H18Cl2N2O2/c1-2-3-11-21-17(23)12-7-4-5-10-15(12)22-18(24)16-13(19)8-6-9-14(16)20/h4-10H,2-3,11H2,1H3,(H,21,23)(H,22,24). The molecule has 0 spiro atoms. The number of rotatable bonds is 6. The van der Waals surface area contributed by atoms with Crippen LogP contribution in [0.2, 0.25) is 10.0 Å². The van der Waals surface area contributed by atoms with E-state index >= 15 is 0 Å². The molecule has 0 aromatic heterocycles. The quantitative estimate of drug-likeness (QED) is 0.724. The molecule has 0 unspecified atom stereocenters. The molecule has 0 aliphatic rings. The molecule has 0 fully saturated rings. The highest BCUT2D eigenvalue weighted by Gasteiger charge is 2.17. The van der Waals surface area contributed by atoms with E-state index in [1.54, 1.807) is 42.5 Å². The van der Waals surface area contributed by atoms with Gasteiger partial charge < -0.3 is 10.6 Å². The van der Waals surface area contributed by atoms with Crippen molar-refractivity contribution in [1.82, 2.24) is 5.32 Å². The van der Waals surface area contributed by atoms with E-state index in [4.69, 9.17) is 23.2 Å². The van der Waals surface area contributed by atoms with Crippen LogP contribution in [-0.4, -0.2) is 18.4 Å². The third-order valence-electron chi connectivity index (χ3n) is 3.43. The van der Waals surface area contributed by atoms with Crippen molar-refractivity contribution < 1.29 is 9.59 Å². The highest BCUT2D eigenvalue weighted by molar-refractivity contribution is 6.40. The maximum absolute atomic E-state index is 12.5. The first-order valence-corrected chi connectivity index (χ1v) is 8.42. The Hall–Kier alpha value is -2.04. The Labute approximate surface area is 151 Å². The normalized spacial score (nSPS) is 10.3. The summed E-state index contributed by atoms with van der Waals surface area (Å²) in [4.78, 5) is 24.8. The molecule has 0 bridgehead atoms. The van der Waals surface area contributed by atoms with E-state index in [0.29, 0.717) is 17.8 Å². The Morgan fingerprint density at radius 2 is 1.62 bits per heavy atom. The van der Waals surface area contributed by atoms with E-state index in [1.807, 2.05) is 6.92 Å². The van der Waals surface area contributed by atoms with Crippen molar-refractivity contribution in [3.63, 3.8) is 0 Å². The van der Waals surface area contributed by atoms with Gasteiger partial charge >= 0.3 is 0 Å². The first kappa shape index (κ1) is 18.3. The zero-order valence-corrected chi connectivity index (χ0v) is 14.7. The van der Waals surface area contributed by atoms with E-state index in [2.05, 4.69) is 10.6 Å². The number of anilines is 1. The van der Waals surface area contributed by atoms with Crippen molar-refractivity contribution in [2.75, 3.05) is 11.9 Å². The second-order valence-electron chi connectivity index (χ2n) is 5.21. The molecule has 0 saturated heterocycles. The summed E-state index contributed by atoms with van der Waals surface area (Å²) in [5.41, 5.74) is 0.986. The number of carbonyl (C=O) groups is 2. The Bertz CT molecular complexity index is 727. The van der Waals surface area contributed by atoms with Crippen molar-refractivity contribution in [2.45, 2.75) is 19.8 Å². The SMILES string of the molecule is CCCCNC(=O)c1ccccc1NC(=O)c1c(Cl)cccc1Cl. The Kier molecular flexibility index (Phi) is 6.64. The van der Waals surface area contributed by atoms with Gasteiger partial charge in [0.05, 0.1) is 26.9 Å². The van der Waals surface area contributed by atoms with Gasteiger partial charge in [0.15, 0.2) is 0 Å². The van der Waals surface area contributed by atoms with Gasteiger partial charge in [0.1, 0.15) is 0 Å². The molecule has 2 amide bonds. The average Bonchev–Trinajstić information content (AvgIpc) is 2.55. The minimum atomic E-state index is -0.459. The molecule has 0 saturated carbocycles. The van der Waals surface area contributed by atoms with Crippen LogP contribution in [0.4, 0.5) is 5.69 Å². The third-order valence-corrected chi connectivity index (χ3v) is 4.06. The lowest BCUT2D eigenvalue weighted by molar-refractivity contribution is 0.0954. The zero-order valence-electron chi connectivity index (χ0n) is 13.2. The summed E-state index contributed by atoms with van der Waals surface area (Å²) in [7, 11) is 0. The summed E-state index contributed by atoms with van der Waals surface area (Å²) in [6.45, 7) is 2.64. The molecule has 4 nitrogen and oxygen atoms in total. The van der Waals surface area contributed by atoms with Gasteiger partial charge in [-0.15, -0.1) is 0 Å². The number of nitrogens with one attached hydrogen (secondary N) is 2. The van der Waals surface area contributed by atoms with Gasteiger partial charge in [-0.05, 0) is 30.7 Å². The van der Waals surface area contributed by atoms with Crippen molar-refractivity contribution in [3.8, 4) is 0 Å². The number of para-hydroxylation sites is 1. The second-order valence-corrected chi connectivity index (χ2v) is 6.02. The predicted molar refractivity (Wildman–Crippen MR) is 98.1 cm³/mol. The molecule has 2 rings (SSSR count). The van der Waals surface area contributed by atoms with E-state index in [9.17, 15) is 9.59 Å². The van der Waals surface area contributed by atoms with Crippen molar-refractivity contribution in [2.24, 2.45) is 0 Å². The van der Waals surface area contributed by atoms with Gasteiger partial charge in [0.25, 0.3) is 11.8 Å². The van der Waals surface area contributed by atoms with E-state index in [0.717, 1.165) is 12.8 Å². The minimum absolute atomic E-state index is 0.182. The second kappa shape index (κ2) is 8.71. The van der Waals surface area contributed by atoms with E-state index in [1.165, 1.54) is 0 Å². The van der Waals surface area contributed by atoms with Gasteiger partial charge in [0, 0.05) is 6.54 Å². The number of halogens is 2. The highest BCUT2D eigenvalue weighted by atomic mass is 35.5. The van der Waals surface area contributed by atoms with Gasteiger partial charge in [-0.25, -0.2) is 0 Å². The number of hydrogen-bond donors (Lipinski definition) is 2. The highest BCUT2D eigenvalue weighted by Crippen LogP contribution is 2.26. The lowest BCUT2D eigenvalue weighted by Crippen LogP contribution is -2.26. The van der Waals surface area contributed by atoms with Crippen LogP contribution in [0.1, 0.15) is 40.5 Å². The van der Waals surface area contributed by atoms with Crippen LogP contribution < -0.4 is 10.6 Å². The first-order valence-electron chi connectivity index (χ1n) is 7.67. The van der Waals surface area contributed by atoms with Crippen LogP contribution in [0.5, 0.6) is 0 Å². The first-order chi connectivity index (χ1) is 11.5. The van der Waals surface area contributed by atoms with Gasteiger partial charge in [-0.1, -0.05) is 54.7 Å². The molecule has 24 heavy (non-hydrogen) atoms. The number of hydrogen-bond acceptors (Lipinski definition) is 2. The van der Waals surface area contributed by atoms with Gasteiger partial charge in [0.2, 0.25) is 0 Å². The van der Waals surface area contributed by atoms with Gasteiger partial charge in [-0.3, -0.25) is 9.59 Å². The largest absolute Gasteiger partial charge is 0.352 e. The van der Waals surface area contributed by atoms with Crippen LogP contribution in [-0.2, 0) is 0 Å². The van der Waals surface area contributed by atoms with Crippen molar-refractivity contribution >= 4 is 40.7 Å². The zero-order chi connectivity index (χ0) is 17.5. The molecule has 0 heterocycles. The fourth-order valence-electron chi connectivity index (χ4n) is 2.16. The predicted octanol–water partition coefficient (Wildman–Crippen LogP) is 4.78. The molecule has 2 aromatic rings. The molecule has 6 heteroatoms. The fraction of sp³-hybridized carbons (Fsp3) is 0.222. The molecule has 2 aromatic carbocycles. The smallest absolute Gasteiger partial charge is 0.258 e. The topological polar surface area (TPSA) is 58.2 Å². The fourth-order valence-corrected chi connectivity index (χ4v) is 2.73. The van der Waals surface area contributed by atoms with Crippen LogP contribution in [0.25, 0.3) is 0 Å². The van der Waals surface area contributed by atoms with Crippen molar-refractivity contribution in [3.05, 3.63) is 63.6 Å². The van der Waals surface area contributed by atoms with Gasteiger partial charge in [-0.2, -0.15) is 0 Å². The average molecular weight is 365 g/mol. The maximum atomic E-state index is 12.5. The molecular formula is C18H18Cl2N2O2. The molecule has 0 aliphatic carbocycles. The molecule has 0 radical (unpaired) electrons. The number of amides is 2. The summed E-state index contributed by atoms with van der Waals surface area (Å²) in [6.07, 6.45) is 1.89. The number of carbonyl (C=O) groups excluding carboxylic acids is 2. The summed E-state index contributed by atoms with van der Waals surface area (Å²) in [6, 6.07) is 11.6. The molecule has 0 aliphatic heterocycles. The Morgan fingerprint density at radius 1 is 0.958 bits per heavy atom. The van der Waals surface area contributed by atoms with Crippen LogP contribution >= 0.6 is 23.2 Å².